The van der Waals surface area contributed by atoms with E-state index in [0.29, 0.717) is 30.4 Å². The van der Waals surface area contributed by atoms with E-state index in [2.05, 4.69) is 49.8 Å². The van der Waals surface area contributed by atoms with Gasteiger partial charge in [0.05, 0.1) is 6.54 Å². The minimum Gasteiger partial charge on any atom is -0.356 e. The van der Waals surface area contributed by atoms with E-state index in [-0.39, 0.29) is 0 Å². The Labute approximate surface area is 156 Å². The van der Waals surface area contributed by atoms with Gasteiger partial charge in [-0.15, -0.1) is 11.3 Å². The van der Waals surface area contributed by atoms with E-state index in [1.165, 1.54) is 9.75 Å². The van der Waals surface area contributed by atoms with Gasteiger partial charge in [0.2, 0.25) is 0 Å². The molecule has 8 heteroatoms. The van der Waals surface area contributed by atoms with E-state index in [0.717, 1.165) is 18.9 Å². The molecule has 0 saturated carbocycles. The zero-order valence-corrected chi connectivity index (χ0v) is 15.7. The van der Waals surface area contributed by atoms with Crippen molar-refractivity contribution < 1.29 is 4.52 Å². The first-order valence-electron chi connectivity index (χ1n) is 8.54. The van der Waals surface area contributed by atoms with Gasteiger partial charge in [0.25, 0.3) is 5.89 Å². The molecule has 0 unspecified atom stereocenters. The summed E-state index contributed by atoms with van der Waals surface area (Å²) in [6.07, 6.45) is 3.41. The molecule has 0 radical (unpaired) electrons. The largest absolute Gasteiger partial charge is 0.356 e. The summed E-state index contributed by atoms with van der Waals surface area (Å²) in [7, 11) is 1.76. The van der Waals surface area contributed by atoms with Gasteiger partial charge >= 0.3 is 0 Å². The van der Waals surface area contributed by atoms with Crippen molar-refractivity contribution in [2.75, 3.05) is 13.6 Å². The number of hydrogen-bond donors (Lipinski definition) is 2. The number of nitrogens with zero attached hydrogens (tertiary/aromatic N) is 4. The second-order valence-corrected chi connectivity index (χ2v) is 6.81. The van der Waals surface area contributed by atoms with Crippen molar-refractivity contribution >= 4 is 17.3 Å². The first-order valence-corrected chi connectivity index (χ1v) is 9.36. The van der Waals surface area contributed by atoms with Crippen LogP contribution >= 0.6 is 11.3 Å². The minimum absolute atomic E-state index is 0.438. The Morgan fingerprint density at radius 2 is 2.08 bits per heavy atom. The van der Waals surface area contributed by atoms with Crippen LogP contribution in [0.4, 0.5) is 0 Å². The lowest BCUT2D eigenvalue weighted by atomic mass is 10.3. The standard InChI is InChI=1S/C18H22N6OS/c1-3-13-7-8-14(26-13)12-22-18(19-2)21-11-9-16-23-17(25-24-16)15-6-4-5-10-20-15/h4-8,10H,3,9,11-12H2,1-2H3,(H2,19,21,22). The number of aryl methyl sites for hydroxylation is 1. The summed E-state index contributed by atoms with van der Waals surface area (Å²) in [5, 5.41) is 10.6. The quantitative estimate of drug-likeness (QED) is 0.491. The summed E-state index contributed by atoms with van der Waals surface area (Å²) in [5.41, 5.74) is 0.680. The van der Waals surface area contributed by atoms with Gasteiger partial charge in [-0.05, 0) is 30.7 Å². The van der Waals surface area contributed by atoms with E-state index in [4.69, 9.17) is 4.52 Å². The molecule has 3 aromatic heterocycles. The number of guanidine groups is 1. The lowest BCUT2D eigenvalue weighted by Crippen LogP contribution is -2.37. The monoisotopic (exact) mass is 370 g/mol. The van der Waals surface area contributed by atoms with Gasteiger partial charge in [-0.2, -0.15) is 4.98 Å². The van der Waals surface area contributed by atoms with E-state index in [9.17, 15) is 0 Å². The zero-order valence-electron chi connectivity index (χ0n) is 14.9. The van der Waals surface area contributed by atoms with Crippen LogP contribution in [0.5, 0.6) is 0 Å². The molecule has 0 atom stereocenters. The number of rotatable bonds is 7. The van der Waals surface area contributed by atoms with Crippen LogP contribution in [0.1, 0.15) is 22.5 Å². The Kier molecular flexibility index (Phi) is 6.32. The molecule has 0 spiro atoms. The predicted molar refractivity (Wildman–Crippen MR) is 103 cm³/mol. The summed E-state index contributed by atoms with van der Waals surface area (Å²) in [5.74, 6) is 1.83. The average molecular weight is 370 g/mol. The fraction of sp³-hybridized carbons (Fsp3) is 0.333. The molecule has 0 bridgehead atoms. The van der Waals surface area contributed by atoms with Crippen LogP contribution < -0.4 is 10.6 Å². The molecule has 3 heterocycles. The van der Waals surface area contributed by atoms with Crippen LogP contribution in [0.3, 0.4) is 0 Å². The van der Waals surface area contributed by atoms with E-state index in [1.54, 1.807) is 13.2 Å². The molecule has 3 rings (SSSR count). The molecule has 2 N–H and O–H groups in total. The highest BCUT2D eigenvalue weighted by molar-refractivity contribution is 7.11. The van der Waals surface area contributed by atoms with Gasteiger partial charge in [0.15, 0.2) is 11.8 Å². The highest BCUT2D eigenvalue weighted by atomic mass is 32.1. The minimum atomic E-state index is 0.438. The van der Waals surface area contributed by atoms with Gasteiger partial charge in [-0.3, -0.25) is 9.98 Å². The number of thiophene rings is 1. The molecule has 0 saturated heterocycles. The van der Waals surface area contributed by atoms with Crippen LogP contribution in [0.15, 0.2) is 46.0 Å². The predicted octanol–water partition coefficient (Wildman–Crippen LogP) is 2.66. The Bertz CT molecular complexity index is 842. The summed E-state index contributed by atoms with van der Waals surface area (Å²) >= 11 is 1.82. The SMILES string of the molecule is CCc1ccc(CNC(=NC)NCCc2noc(-c3ccccn3)n2)s1. The van der Waals surface area contributed by atoms with Gasteiger partial charge in [-0.1, -0.05) is 18.1 Å². The topological polar surface area (TPSA) is 88.2 Å². The Hall–Kier alpha value is -2.74. The summed E-state index contributed by atoms with van der Waals surface area (Å²) < 4.78 is 5.26. The molecule has 0 amide bonds. The lowest BCUT2D eigenvalue weighted by molar-refractivity contribution is 0.421. The smallest absolute Gasteiger partial charge is 0.276 e. The maximum Gasteiger partial charge on any atom is 0.276 e. The lowest BCUT2D eigenvalue weighted by Gasteiger charge is -2.10. The van der Waals surface area contributed by atoms with E-state index in [1.807, 2.05) is 29.5 Å². The maximum atomic E-state index is 5.26. The van der Waals surface area contributed by atoms with Crippen molar-refractivity contribution in [1.29, 1.82) is 0 Å². The number of aromatic nitrogens is 3. The van der Waals surface area contributed by atoms with Crippen LogP contribution in [0.2, 0.25) is 0 Å². The fourth-order valence-corrected chi connectivity index (χ4v) is 3.24. The molecule has 0 aliphatic carbocycles. The van der Waals surface area contributed by atoms with Gasteiger partial charge < -0.3 is 15.2 Å². The first-order chi connectivity index (χ1) is 12.8. The van der Waals surface area contributed by atoms with E-state index >= 15 is 0 Å². The van der Waals surface area contributed by atoms with Crippen LogP contribution in [-0.4, -0.2) is 34.7 Å². The number of hydrogen-bond acceptors (Lipinski definition) is 6. The van der Waals surface area contributed by atoms with Crippen molar-refractivity contribution in [3.05, 3.63) is 52.1 Å². The van der Waals surface area contributed by atoms with Gasteiger partial charge in [0.1, 0.15) is 5.69 Å². The molecular weight excluding hydrogens is 348 g/mol. The fourth-order valence-electron chi connectivity index (χ4n) is 2.34. The zero-order chi connectivity index (χ0) is 18.2. The molecular formula is C18H22N6OS. The number of pyridine rings is 1. The third-order valence-corrected chi connectivity index (χ3v) is 4.94. The van der Waals surface area contributed by atoms with Crippen LogP contribution in [0.25, 0.3) is 11.6 Å². The second kappa shape index (κ2) is 9.10. The third kappa shape index (κ3) is 4.89. The molecule has 3 aromatic rings. The van der Waals surface area contributed by atoms with Gasteiger partial charge in [0, 0.05) is 36.0 Å². The van der Waals surface area contributed by atoms with Crippen molar-refractivity contribution in [3.63, 3.8) is 0 Å². The second-order valence-electron chi connectivity index (χ2n) is 5.55. The van der Waals surface area contributed by atoms with Crippen LogP contribution in [-0.2, 0) is 19.4 Å². The molecule has 0 aliphatic heterocycles. The average Bonchev–Trinajstić information content (AvgIpc) is 3.34. The first kappa shape index (κ1) is 18.1. The van der Waals surface area contributed by atoms with Crippen LogP contribution in [0, 0.1) is 0 Å². The highest BCUT2D eigenvalue weighted by Crippen LogP contribution is 2.16. The maximum absolute atomic E-state index is 5.26. The number of aliphatic imine (C=N–C) groups is 1. The highest BCUT2D eigenvalue weighted by Gasteiger charge is 2.09. The van der Waals surface area contributed by atoms with Gasteiger partial charge in [-0.25, -0.2) is 0 Å². The molecule has 26 heavy (non-hydrogen) atoms. The molecule has 0 aliphatic rings. The Morgan fingerprint density at radius 1 is 1.19 bits per heavy atom. The van der Waals surface area contributed by atoms with Crippen molar-refractivity contribution in [2.24, 2.45) is 4.99 Å². The van der Waals surface area contributed by atoms with Crippen molar-refractivity contribution in [3.8, 4) is 11.6 Å². The molecule has 0 fully saturated rings. The summed E-state index contributed by atoms with van der Waals surface area (Å²) in [6, 6.07) is 9.91. The molecule has 0 aromatic carbocycles. The molecule has 7 nitrogen and oxygen atoms in total. The van der Waals surface area contributed by atoms with Crippen molar-refractivity contribution in [2.45, 2.75) is 26.3 Å². The van der Waals surface area contributed by atoms with E-state index < -0.39 is 0 Å². The Balaban J connectivity index is 1.45. The normalized spacial score (nSPS) is 11.5. The van der Waals surface area contributed by atoms with Crippen molar-refractivity contribution in [1.82, 2.24) is 25.8 Å². The third-order valence-electron chi connectivity index (χ3n) is 3.71. The summed E-state index contributed by atoms with van der Waals surface area (Å²) in [6.45, 7) is 3.59. The number of nitrogens with one attached hydrogen (secondary N) is 2. The summed E-state index contributed by atoms with van der Waals surface area (Å²) in [4.78, 5) is 15.5. The molecule has 136 valence electrons. The Morgan fingerprint density at radius 3 is 2.81 bits per heavy atom.